The molecule has 3 rings (SSSR count). The topological polar surface area (TPSA) is 42.9 Å². The average Bonchev–Trinajstić information content (AvgIpc) is 2.56. The van der Waals surface area contributed by atoms with Gasteiger partial charge in [0.25, 0.3) is 0 Å². The minimum atomic E-state index is 0.230. The lowest BCUT2D eigenvalue weighted by Gasteiger charge is -2.33. The summed E-state index contributed by atoms with van der Waals surface area (Å²) in [5.74, 6) is 1.23. The number of piperazine rings is 2. The van der Waals surface area contributed by atoms with Crippen LogP contribution >= 0.6 is 0 Å². The third kappa shape index (κ3) is 4.20. The lowest BCUT2D eigenvalue weighted by Crippen LogP contribution is -2.47. The standard InChI is InChI=1S/C17H27N5O/c1-19-5-9-21(10-6-19)16-13-15(3-4-18-16)14-17(23)22-11-7-20(2)8-12-22/h3-4,13H,5-12,14H2,1-2H3. The van der Waals surface area contributed by atoms with E-state index < -0.39 is 0 Å². The number of carbonyl (C=O) groups excluding carboxylic acids is 1. The van der Waals surface area contributed by atoms with Crippen LogP contribution in [0.25, 0.3) is 0 Å². The van der Waals surface area contributed by atoms with Crippen LogP contribution in [0.5, 0.6) is 0 Å². The third-order valence-corrected chi connectivity index (χ3v) is 4.85. The van der Waals surface area contributed by atoms with Crippen molar-refractivity contribution >= 4 is 11.7 Å². The first kappa shape index (κ1) is 16.2. The van der Waals surface area contributed by atoms with Crippen LogP contribution in [0.3, 0.4) is 0 Å². The van der Waals surface area contributed by atoms with Crippen LogP contribution in [0.4, 0.5) is 5.82 Å². The summed E-state index contributed by atoms with van der Waals surface area (Å²) in [5, 5.41) is 0. The van der Waals surface area contributed by atoms with Gasteiger partial charge in [0.2, 0.25) is 5.91 Å². The molecule has 1 aromatic heterocycles. The normalized spacial score (nSPS) is 20.8. The predicted molar refractivity (Wildman–Crippen MR) is 91.7 cm³/mol. The third-order valence-electron chi connectivity index (χ3n) is 4.85. The molecule has 2 aliphatic heterocycles. The van der Waals surface area contributed by atoms with Crippen molar-refractivity contribution in [2.24, 2.45) is 0 Å². The quantitative estimate of drug-likeness (QED) is 0.794. The first-order valence-corrected chi connectivity index (χ1v) is 8.46. The molecule has 6 heteroatoms. The Morgan fingerprint density at radius 2 is 1.61 bits per heavy atom. The van der Waals surface area contributed by atoms with E-state index in [1.807, 2.05) is 17.2 Å². The zero-order chi connectivity index (χ0) is 16.2. The smallest absolute Gasteiger partial charge is 0.227 e. The van der Waals surface area contributed by atoms with Gasteiger partial charge in [-0.2, -0.15) is 0 Å². The van der Waals surface area contributed by atoms with Crippen LogP contribution in [0.1, 0.15) is 5.56 Å². The van der Waals surface area contributed by atoms with E-state index in [0.717, 1.165) is 63.7 Å². The minimum absolute atomic E-state index is 0.230. The summed E-state index contributed by atoms with van der Waals surface area (Å²) in [4.78, 5) is 25.9. The van der Waals surface area contributed by atoms with Gasteiger partial charge in [0.15, 0.2) is 0 Å². The second-order valence-corrected chi connectivity index (χ2v) is 6.67. The summed E-state index contributed by atoms with van der Waals surface area (Å²) in [6.45, 7) is 7.73. The second-order valence-electron chi connectivity index (χ2n) is 6.67. The maximum atomic E-state index is 12.5. The number of likely N-dealkylation sites (N-methyl/N-ethyl adjacent to an activating group) is 2. The molecule has 23 heavy (non-hydrogen) atoms. The highest BCUT2D eigenvalue weighted by Gasteiger charge is 2.20. The van der Waals surface area contributed by atoms with Gasteiger partial charge in [-0.15, -0.1) is 0 Å². The van der Waals surface area contributed by atoms with Crippen molar-refractivity contribution in [3.63, 3.8) is 0 Å². The molecule has 0 N–H and O–H groups in total. The molecular weight excluding hydrogens is 290 g/mol. The molecule has 1 amide bonds. The van der Waals surface area contributed by atoms with Crippen molar-refractivity contribution in [3.05, 3.63) is 23.9 Å². The number of anilines is 1. The van der Waals surface area contributed by atoms with Gasteiger partial charge in [-0.3, -0.25) is 4.79 Å². The number of rotatable bonds is 3. The summed E-state index contributed by atoms with van der Waals surface area (Å²) in [6.07, 6.45) is 2.31. The summed E-state index contributed by atoms with van der Waals surface area (Å²) < 4.78 is 0. The predicted octanol–water partition coefficient (Wildman–Crippen LogP) is 0.150. The van der Waals surface area contributed by atoms with E-state index in [4.69, 9.17) is 0 Å². The van der Waals surface area contributed by atoms with E-state index in [-0.39, 0.29) is 5.91 Å². The number of aromatic nitrogens is 1. The molecule has 3 heterocycles. The lowest BCUT2D eigenvalue weighted by atomic mass is 10.1. The Kier molecular flexibility index (Phi) is 5.13. The molecule has 6 nitrogen and oxygen atoms in total. The molecule has 0 aromatic carbocycles. The SMILES string of the molecule is CN1CCN(C(=O)Cc2ccnc(N3CCN(C)CC3)c2)CC1. The first-order valence-electron chi connectivity index (χ1n) is 8.46. The zero-order valence-corrected chi connectivity index (χ0v) is 14.2. The molecule has 126 valence electrons. The monoisotopic (exact) mass is 317 g/mol. The van der Waals surface area contributed by atoms with Crippen molar-refractivity contribution in [2.45, 2.75) is 6.42 Å². The Morgan fingerprint density at radius 3 is 2.26 bits per heavy atom. The van der Waals surface area contributed by atoms with Crippen LogP contribution in [-0.4, -0.2) is 92.0 Å². The first-order chi connectivity index (χ1) is 11.1. The van der Waals surface area contributed by atoms with Gasteiger partial charge < -0.3 is 19.6 Å². The summed E-state index contributed by atoms with van der Waals surface area (Å²) in [6, 6.07) is 4.05. The number of hydrogen-bond donors (Lipinski definition) is 0. The van der Waals surface area contributed by atoms with Gasteiger partial charge in [0.05, 0.1) is 6.42 Å². The van der Waals surface area contributed by atoms with Crippen LogP contribution < -0.4 is 4.90 Å². The molecule has 0 bridgehead atoms. The summed E-state index contributed by atoms with van der Waals surface area (Å²) >= 11 is 0. The Morgan fingerprint density at radius 1 is 1.00 bits per heavy atom. The van der Waals surface area contributed by atoms with E-state index in [9.17, 15) is 4.79 Å². The Hall–Kier alpha value is -1.66. The van der Waals surface area contributed by atoms with Crippen molar-refractivity contribution in [3.8, 4) is 0 Å². The molecule has 2 fully saturated rings. The highest BCUT2D eigenvalue weighted by Crippen LogP contribution is 2.16. The molecule has 0 aliphatic carbocycles. The molecule has 0 radical (unpaired) electrons. The molecule has 0 saturated carbocycles. The van der Waals surface area contributed by atoms with E-state index in [1.165, 1.54) is 0 Å². The van der Waals surface area contributed by atoms with Gasteiger partial charge in [-0.25, -0.2) is 4.98 Å². The second kappa shape index (κ2) is 7.27. The van der Waals surface area contributed by atoms with Crippen molar-refractivity contribution in [1.82, 2.24) is 19.7 Å². The van der Waals surface area contributed by atoms with E-state index in [2.05, 4.69) is 39.8 Å². The summed E-state index contributed by atoms with van der Waals surface area (Å²) in [5.41, 5.74) is 1.07. The number of carbonyl (C=O) groups is 1. The van der Waals surface area contributed by atoms with Crippen molar-refractivity contribution in [1.29, 1.82) is 0 Å². The van der Waals surface area contributed by atoms with Crippen LogP contribution in [0.2, 0.25) is 0 Å². The molecule has 2 aliphatic rings. The molecule has 2 saturated heterocycles. The fraction of sp³-hybridized carbons (Fsp3) is 0.647. The van der Waals surface area contributed by atoms with Gasteiger partial charge in [-0.05, 0) is 31.8 Å². The Bertz CT molecular complexity index is 534. The van der Waals surface area contributed by atoms with Crippen molar-refractivity contribution in [2.75, 3.05) is 71.4 Å². The number of nitrogens with zero attached hydrogens (tertiary/aromatic N) is 5. The fourth-order valence-electron chi connectivity index (χ4n) is 3.12. The number of amides is 1. The lowest BCUT2D eigenvalue weighted by molar-refractivity contribution is -0.132. The molecule has 0 spiro atoms. The Balaban J connectivity index is 1.60. The molecule has 1 aromatic rings. The molecule has 0 atom stereocenters. The van der Waals surface area contributed by atoms with Gasteiger partial charge in [0.1, 0.15) is 5.82 Å². The van der Waals surface area contributed by atoms with Crippen LogP contribution in [0.15, 0.2) is 18.3 Å². The highest BCUT2D eigenvalue weighted by atomic mass is 16.2. The van der Waals surface area contributed by atoms with E-state index in [1.54, 1.807) is 0 Å². The average molecular weight is 317 g/mol. The van der Waals surface area contributed by atoms with Crippen LogP contribution in [0, 0.1) is 0 Å². The molecular formula is C17H27N5O. The fourth-order valence-corrected chi connectivity index (χ4v) is 3.12. The maximum Gasteiger partial charge on any atom is 0.227 e. The summed E-state index contributed by atoms with van der Waals surface area (Å²) in [7, 11) is 4.25. The zero-order valence-electron chi connectivity index (χ0n) is 14.2. The van der Waals surface area contributed by atoms with Crippen molar-refractivity contribution < 1.29 is 4.79 Å². The molecule has 0 unspecified atom stereocenters. The number of hydrogen-bond acceptors (Lipinski definition) is 5. The number of pyridine rings is 1. The minimum Gasteiger partial charge on any atom is -0.354 e. The van der Waals surface area contributed by atoms with Gasteiger partial charge in [0, 0.05) is 58.6 Å². The van der Waals surface area contributed by atoms with E-state index >= 15 is 0 Å². The maximum absolute atomic E-state index is 12.5. The van der Waals surface area contributed by atoms with E-state index in [0.29, 0.717) is 6.42 Å². The van der Waals surface area contributed by atoms with Gasteiger partial charge in [-0.1, -0.05) is 0 Å². The van der Waals surface area contributed by atoms with Gasteiger partial charge >= 0.3 is 0 Å². The van der Waals surface area contributed by atoms with Crippen LogP contribution in [-0.2, 0) is 11.2 Å². The largest absolute Gasteiger partial charge is 0.354 e. The Labute approximate surface area is 138 Å². The highest BCUT2D eigenvalue weighted by molar-refractivity contribution is 5.79.